The van der Waals surface area contributed by atoms with Gasteiger partial charge < -0.3 is 14.9 Å². The van der Waals surface area contributed by atoms with Gasteiger partial charge in [-0.05, 0) is 12.8 Å². The number of carbonyl (C=O) groups excluding carboxylic acids is 2. The van der Waals surface area contributed by atoms with Crippen LogP contribution in [0.3, 0.4) is 0 Å². The third-order valence-electron chi connectivity index (χ3n) is 2.59. The molecule has 19 heavy (non-hydrogen) atoms. The van der Waals surface area contributed by atoms with Crippen molar-refractivity contribution in [1.29, 1.82) is 0 Å². The fourth-order valence-electron chi connectivity index (χ4n) is 1.22. The lowest BCUT2D eigenvalue weighted by Crippen LogP contribution is -2.24. The van der Waals surface area contributed by atoms with Gasteiger partial charge in [0.15, 0.2) is 0 Å². The van der Waals surface area contributed by atoms with Crippen molar-refractivity contribution in [2.45, 2.75) is 39.5 Å². The third kappa shape index (κ3) is 7.91. The average molecular weight is 274 g/mol. The zero-order valence-electron chi connectivity index (χ0n) is 10.9. The van der Waals surface area contributed by atoms with Gasteiger partial charge in [-0.2, -0.15) is 0 Å². The number of aliphatic carboxylic acids is 2. The first-order chi connectivity index (χ1) is 8.73. The molecule has 0 aromatic carbocycles. The van der Waals surface area contributed by atoms with Crippen molar-refractivity contribution in [2.75, 3.05) is 0 Å². The number of carboxylic acid groups (broad SMARTS) is 2. The molecule has 0 heterocycles. The quantitative estimate of drug-likeness (QED) is 0.501. The van der Waals surface area contributed by atoms with E-state index in [9.17, 15) is 19.2 Å². The van der Waals surface area contributed by atoms with Crippen LogP contribution in [0.2, 0.25) is 0 Å². The van der Waals surface area contributed by atoms with Gasteiger partial charge in [0.2, 0.25) is 0 Å². The Labute approximate surface area is 110 Å². The first-order valence-electron chi connectivity index (χ1n) is 5.93. The normalized spacial score (nSPS) is 13.4. The molecule has 2 N–H and O–H groups in total. The Morgan fingerprint density at radius 2 is 1.16 bits per heavy atom. The summed E-state index contributed by atoms with van der Waals surface area (Å²) in [5.74, 6) is -5.00. The Balaban J connectivity index is 4.12. The van der Waals surface area contributed by atoms with Gasteiger partial charge in [-0.1, -0.05) is 13.8 Å². The van der Waals surface area contributed by atoms with Gasteiger partial charge >= 0.3 is 23.9 Å². The van der Waals surface area contributed by atoms with Gasteiger partial charge in [0.1, 0.15) is 0 Å². The lowest BCUT2D eigenvalue weighted by atomic mass is 10.0. The smallest absolute Gasteiger partial charge is 0.316 e. The Morgan fingerprint density at radius 3 is 1.42 bits per heavy atom. The van der Waals surface area contributed by atoms with Crippen molar-refractivity contribution in [3.8, 4) is 0 Å². The monoisotopic (exact) mass is 274 g/mol. The number of hydrogen-bond acceptors (Lipinski definition) is 5. The molecule has 0 spiro atoms. The minimum absolute atomic E-state index is 0.0882. The first-order valence-corrected chi connectivity index (χ1v) is 5.93. The summed E-state index contributed by atoms with van der Waals surface area (Å²) >= 11 is 0. The number of carboxylic acids is 2. The van der Waals surface area contributed by atoms with Crippen LogP contribution in [0.5, 0.6) is 0 Å². The first kappa shape index (κ1) is 17.1. The lowest BCUT2D eigenvalue weighted by molar-refractivity contribution is -0.165. The van der Waals surface area contributed by atoms with E-state index < -0.39 is 35.7 Å². The molecule has 0 aromatic heterocycles. The standard InChI is InChI=1S/C12H18O7/c1-7(3-5-9(13)14)11(17)19-12(18)8(2)4-6-10(15)16/h7-8H,3-6H2,1-2H3,(H,13,14)(H,15,16). The van der Waals surface area contributed by atoms with Crippen molar-refractivity contribution in [3.63, 3.8) is 0 Å². The van der Waals surface area contributed by atoms with Gasteiger partial charge in [0.25, 0.3) is 0 Å². The summed E-state index contributed by atoms with van der Waals surface area (Å²) in [4.78, 5) is 43.6. The van der Waals surface area contributed by atoms with Crippen LogP contribution < -0.4 is 0 Å². The SMILES string of the molecule is CC(CCC(=O)O)C(=O)OC(=O)C(C)CCC(=O)O. The highest BCUT2D eigenvalue weighted by atomic mass is 16.6. The van der Waals surface area contributed by atoms with E-state index >= 15 is 0 Å². The van der Waals surface area contributed by atoms with Crippen LogP contribution >= 0.6 is 0 Å². The molecule has 0 aliphatic carbocycles. The second-order valence-electron chi connectivity index (χ2n) is 4.41. The molecule has 2 atom stereocenters. The van der Waals surface area contributed by atoms with Crippen molar-refractivity contribution in [3.05, 3.63) is 0 Å². The van der Waals surface area contributed by atoms with Gasteiger partial charge in [-0.25, -0.2) is 0 Å². The summed E-state index contributed by atoms with van der Waals surface area (Å²) in [6.07, 6.45) is -0.187. The highest BCUT2D eigenvalue weighted by molar-refractivity contribution is 5.88. The van der Waals surface area contributed by atoms with Crippen molar-refractivity contribution in [1.82, 2.24) is 0 Å². The summed E-state index contributed by atoms with van der Waals surface area (Å²) in [5.41, 5.74) is 0. The predicted molar refractivity (Wildman–Crippen MR) is 63.2 cm³/mol. The highest BCUT2D eigenvalue weighted by Gasteiger charge is 2.23. The fraction of sp³-hybridized carbons (Fsp3) is 0.667. The molecule has 7 heteroatoms. The molecule has 0 aliphatic rings. The average Bonchev–Trinajstić information content (AvgIpc) is 2.32. The molecule has 0 saturated carbocycles. The molecule has 0 aliphatic heterocycles. The zero-order chi connectivity index (χ0) is 15.0. The summed E-state index contributed by atoms with van der Waals surface area (Å²) in [7, 11) is 0. The van der Waals surface area contributed by atoms with E-state index in [0.717, 1.165) is 0 Å². The van der Waals surface area contributed by atoms with Gasteiger partial charge in [-0.15, -0.1) is 0 Å². The van der Waals surface area contributed by atoms with Crippen LogP contribution in [0.4, 0.5) is 0 Å². The fourth-order valence-corrected chi connectivity index (χ4v) is 1.22. The molecule has 0 radical (unpaired) electrons. The predicted octanol–water partition coefficient (Wildman–Crippen LogP) is 1.06. The van der Waals surface area contributed by atoms with Crippen LogP contribution in [-0.2, 0) is 23.9 Å². The Hall–Kier alpha value is -1.92. The molecular weight excluding hydrogens is 256 g/mol. The van der Waals surface area contributed by atoms with E-state index in [4.69, 9.17) is 10.2 Å². The summed E-state index contributed by atoms with van der Waals surface area (Å²) < 4.78 is 4.57. The minimum Gasteiger partial charge on any atom is -0.481 e. The van der Waals surface area contributed by atoms with Crippen LogP contribution in [-0.4, -0.2) is 34.1 Å². The number of ether oxygens (including phenoxy) is 1. The van der Waals surface area contributed by atoms with E-state index in [2.05, 4.69) is 4.74 Å². The van der Waals surface area contributed by atoms with Crippen LogP contribution in [0, 0.1) is 11.8 Å². The molecule has 7 nitrogen and oxygen atoms in total. The topological polar surface area (TPSA) is 118 Å². The van der Waals surface area contributed by atoms with E-state index in [0.29, 0.717) is 0 Å². The molecule has 0 rings (SSSR count). The summed E-state index contributed by atoms with van der Waals surface area (Å²) in [6.45, 7) is 2.95. The molecule has 0 aromatic rings. The molecule has 0 bridgehead atoms. The third-order valence-corrected chi connectivity index (χ3v) is 2.59. The van der Waals surface area contributed by atoms with Crippen molar-refractivity contribution >= 4 is 23.9 Å². The van der Waals surface area contributed by atoms with Crippen LogP contribution in [0.1, 0.15) is 39.5 Å². The zero-order valence-corrected chi connectivity index (χ0v) is 10.9. The van der Waals surface area contributed by atoms with E-state index in [1.165, 1.54) is 13.8 Å². The number of rotatable bonds is 8. The Morgan fingerprint density at radius 1 is 0.842 bits per heavy atom. The molecule has 108 valence electrons. The molecule has 0 amide bonds. The Kier molecular flexibility index (Phi) is 7.40. The van der Waals surface area contributed by atoms with E-state index in [1.54, 1.807) is 0 Å². The maximum atomic E-state index is 11.5. The number of carbonyl (C=O) groups is 4. The van der Waals surface area contributed by atoms with Gasteiger partial charge in [0.05, 0.1) is 11.8 Å². The summed E-state index contributed by atoms with van der Waals surface area (Å²) in [6, 6.07) is 0. The molecular formula is C12H18O7. The van der Waals surface area contributed by atoms with E-state index in [-0.39, 0.29) is 25.7 Å². The minimum atomic E-state index is -1.03. The van der Waals surface area contributed by atoms with Crippen LogP contribution in [0.25, 0.3) is 0 Å². The van der Waals surface area contributed by atoms with E-state index in [1.807, 2.05) is 0 Å². The van der Waals surface area contributed by atoms with Crippen LogP contribution in [0.15, 0.2) is 0 Å². The second kappa shape index (κ2) is 8.23. The largest absolute Gasteiger partial charge is 0.481 e. The maximum Gasteiger partial charge on any atom is 0.316 e. The second-order valence-corrected chi connectivity index (χ2v) is 4.41. The highest BCUT2D eigenvalue weighted by Crippen LogP contribution is 2.12. The number of esters is 2. The van der Waals surface area contributed by atoms with Crippen molar-refractivity contribution in [2.24, 2.45) is 11.8 Å². The number of hydrogen-bond donors (Lipinski definition) is 2. The lowest BCUT2D eigenvalue weighted by Gasteiger charge is -2.12. The van der Waals surface area contributed by atoms with Gasteiger partial charge in [-0.3, -0.25) is 19.2 Å². The van der Waals surface area contributed by atoms with Crippen molar-refractivity contribution < 1.29 is 34.1 Å². The molecule has 2 unspecified atom stereocenters. The van der Waals surface area contributed by atoms with Gasteiger partial charge in [0, 0.05) is 12.8 Å². The summed E-state index contributed by atoms with van der Waals surface area (Å²) in [5, 5.41) is 16.9. The maximum absolute atomic E-state index is 11.5. The Bertz CT molecular complexity index is 327. The molecule has 0 saturated heterocycles. The molecule has 0 fully saturated rings.